The highest BCUT2D eigenvalue weighted by Crippen LogP contribution is 2.19. The Hall–Kier alpha value is -2.04. The topological polar surface area (TPSA) is 58.2 Å². The summed E-state index contributed by atoms with van der Waals surface area (Å²) >= 11 is 11.7. The second-order valence-corrected chi connectivity index (χ2v) is 5.19. The van der Waals surface area contributed by atoms with Crippen LogP contribution in [0, 0.1) is 6.92 Å². The van der Waals surface area contributed by atoms with Gasteiger partial charge in [-0.15, -0.1) is 0 Å². The van der Waals surface area contributed by atoms with E-state index in [1.165, 1.54) is 0 Å². The van der Waals surface area contributed by atoms with Crippen molar-refractivity contribution < 1.29 is 9.59 Å². The molecule has 0 spiro atoms. The molecule has 2 aromatic carbocycles. The quantitative estimate of drug-likeness (QED) is 0.867. The Kier molecular flexibility index (Phi) is 4.83. The van der Waals surface area contributed by atoms with Gasteiger partial charge in [0, 0.05) is 10.7 Å². The predicted octanol–water partition coefficient (Wildman–Crippen LogP) is 4.26. The summed E-state index contributed by atoms with van der Waals surface area (Å²) < 4.78 is 0. The van der Waals surface area contributed by atoms with Gasteiger partial charge >= 0.3 is 6.03 Å². The molecule has 0 unspecified atom stereocenters. The number of anilines is 1. The largest absolute Gasteiger partial charge is 0.326 e. The van der Waals surface area contributed by atoms with Crippen LogP contribution in [0.15, 0.2) is 42.5 Å². The summed E-state index contributed by atoms with van der Waals surface area (Å²) in [4.78, 5) is 23.8. The molecule has 0 saturated carbocycles. The Morgan fingerprint density at radius 2 is 1.76 bits per heavy atom. The minimum Gasteiger partial charge on any atom is -0.307 e. The van der Waals surface area contributed by atoms with Gasteiger partial charge in [-0.1, -0.05) is 35.3 Å². The molecule has 0 aliphatic carbocycles. The minimum atomic E-state index is -0.634. The van der Waals surface area contributed by atoms with Crippen LogP contribution in [-0.4, -0.2) is 11.9 Å². The Balaban J connectivity index is 2.05. The Morgan fingerprint density at radius 1 is 1.05 bits per heavy atom. The highest BCUT2D eigenvalue weighted by Gasteiger charge is 2.13. The van der Waals surface area contributed by atoms with E-state index in [4.69, 9.17) is 23.2 Å². The van der Waals surface area contributed by atoms with Crippen molar-refractivity contribution in [3.05, 3.63) is 63.6 Å². The van der Waals surface area contributed by atoms with E-state index in [9.17, 15) is 9.59 Å². The Morgan fingerprint density at radius 3 is 2.43 bits per heavy atom. The van der Waals surface area contributed by atoms with Gasteiger partial charge in [0.05, 0.1) is 10.6 Å². The van der Waals surface area contributed by atoms with E-state index in [0.717, 1.165) is 5.56 Å². The standard InChI is InChI=1S/C15H12Cl2N2O2/c1-9-8-10(16)6-7-13(9)18-15(21)19-14(20)11-4-2-3-5-12(11)17/h2-8H,1H3,(H2,18,19,20,21). The van der Waals surface area contributed by atoms with Gasteiger partial charge in [-0.25, -0.2) is 4.79 Å². The molecule has 21 heavy (non-hydrogen) atoms. The number of halogens is 2. The summed E-state index contributed by atoms with van der Waals surface area (Å²) in [5.74, 6) is -0.565. The zero-order valence-electron chi connectivity index (χ0n) is 11.1. The first-order chi connectivity index (χ1) is 9.97. The van der Waals surface area contributed by atoms with Gasteiger partial charge in [-0.2, -0.15) is 0 Å². The number of hydrogen-bond donors (Lipinski definition) is 2. The van der Waals surface area contributed by atoms with Gasteiger partial charge in [-0.05, 0) is 42.8 Å². The van der Waals surface area contributed by atoms with Gasteiger partial charge in [0.1, 0.15) is 0 Å². The van der Waals surface area contributed by atoms with Gasteiger partial charge in [0.25, 0.3) is 5.91 Å². The fourth-order valence-corrected chi connectivity index (χ4v) is 2.18. The molecule has 6 heteroatoms. The highest BCUT2D eigenvalue weighted by atomic mass is 35.5. The minimum absolute atomic E-state index is 0.238. The molecule has 0 bridgehead atoms. The maximum Gasteiger partial charge on any atom is 0.326 e. The molecular weight excluding hydrogens is 311 g/mol. The number of rotatable bonds is 2. The summed E-state index contributed by atoms with van der Waals surface area (Å²) in [7, 11) is 0. The number of aryl methyl sites for hydroxylation is 1. The third-order valence-electron chi connectivity index (χ3n) is 2.78. The summed E-state index contributed by atoms with van der Waals surface area (Å²) in [5.41, 5.74) is 1.61. The number of imide groups is 1. The molecule has 2 rings (SSSR count). The van der Waals surface area contributed by atoms with Gasteiger partial charge in [0.15, 0.2) is 0 Å². The number of amides is 3. The van der Waals surface area contributed by atoms with Crippen LogP contribution < -0.4 is 10.6 Å². The van der Waals surface area contributed by atoms with Crippen molar-refractivity contribution >= 4 is 40.8 Å². The van der Waals surface area contributed by atoms with Crippen molar-refractivity contribution in [1.82, 2.24) is 5.32 Å². The number of carbonyl (C=O) groups excluding carboxylic acids is 2. The fourth-order valence-electron chi connectivity index (χ4n) is 1.74. The highest BCUT2D eigenvalue weighted by molar-refractivity contribution is 6.34. The molecule has 0 aliphatic heterocycles. The van der Waals surface area contributed by atoms with Crippen molar-refractivity contribution in [2.75, 3.05) is 5.32 Å². The number of benzene rings is 2. The molecule has 2 N–H and O–H groups in total. The lowest BCUT2D eigenvalue weighted by molar-refractivity contribution is 0.0967. The van der Waals surface area contributed by atoms with Crippen LogP contribution in [0.25, 0.3) is 0 Å². The fraction of sp³-hybridized carbons (Fsp3) is 0.0667. The average molecular weight is 323 g/mol. The number of hydrogen-bond acceptors (Lipinski definition) is 2. The van der Waals surface area contributed by atoms with Crippen LogP contribution in [-0.2, 0) is 0 Å². The van der Waals surface area contributed by atoms with Crippen molar-refractivity contribution in [2.45, 2.75) is 6.92 Å². The molecule has 3 amide bonds. The summed E-state index contributed by atoms with van der Waals surface area (Å²) in [6, 6.07) is 10.9. The first kappa shape index (κ1) is 15.4. The van der Waals surface area contributed by atoms with Crippen molar-refractivity contribution in [2.24, 2.45) is 0 Å². The van der Waals surface area contributed by atoms with Crippen LogP contribution in [0.2, 0.25) is 10.0 Å². The molecule has 0 radical (unpaired) electrons. The van der Waals surface area contributed by atoms with E-state index >= 15 is 0 Å². The van der Waals surface area contributed by atoms with E-state index in [1.807, 2.05) is 0 Å². The van der Waals surface area contributed by atoms with Crippen LogP contribution in [0.5, 0.6) is 0 Å². The van der Waals surface area contributed by atoms with E-state index in [0.29, 0.717) is 10.7 Å². The van der Waals surface area contributed by atoms with Crippen LogP contribution >= 0.6 is 23.2 Å². The smallest absolute Gasteiger partial charge is 0.307 e. The number of carbonyl (C=O) groups is 2. The molecule has 108 valence electrons. The third kappa shape index (κ3) is 3.97. The lowest BCUT2D eigenvalue weighted by atomic mass is 10.2. The molecule has 2 aromatic rings. The zero-order chi connectivity index (χ0) is 15.4. The van der Waals surface area contributed by atoms with Crippen LogP contribution in [0.3, 0.4) is 0 Å². The molecule has 0 aliphatic rings. The van der Waals surface area contributed by atoms with E-state index < -0.39 is 11.9 Å². The normalized spacial score (nSPS) is 10.0. The summed E-state index contributed by atoms with van der Waals surface area (Å²) in [5, 5.41) is 5.66. The predicted molar refractivity (Wildman–Crippen MR) is 84.1 cm³/mol. The SMILES string of the molecule is Cc1cc(Cl)ccc1NC(=O)NC(=O)c1ccccc1Cl. The first-order valence-corrected chi connectivity index (χ1v) is 6.86. The van der Waals surface area contributed by atoms with E-state index in [2.05, 4.69) is 10.6 Å². The second-order valence-electron chi connectivity index (χ2n) is 4.35. The van der Waals surface area contributed by atoms with Crippen molar-refractivity contribution in [1.29, 1.82) is 0 Å². The van der Waals surface area contributed by atoms with Crippen LogP contribution in [0.1, 0.15) is 15.9 Å². The van der Waals surface area contributed by atoms with Crippen molar-refractivity contribution in [3.63, 3.8) is 0 Å². The average Bonchev–Trinajstić information content (AvgIpc) is 2.42. The summed E-state index contributed by atoms with van der Waals surface area (Å²) in [6.07, 6.45) is 0. The number of nitrogens with one attached hydrogen (secondary N) is 2. The molecule has 4 nitrogen and oxygen atoms in total. The van der Waals surface area contributed by atoms with Crippen molar-refractivity contribution in [3.8, 4) is 0 Å². The maximum atomic E-state index is 11.9. The first-order valence-electron chi connectivity index (χ1n) is 6.10. The van der Waals surface area contributed by atoms with Gasteiger partial charge < -0.3 is 5.32 Å². The second kappa shape index (κ2) is 6.61. The number of urea groups is 1. The van der Waals surface area contributed by atoms with E-state index in [-0.39, 0.29) is 10.6 Å². The van der Waals surface area contributed by atoms with Gasteiger partial charge in [-0.3, -0.25) is 10.1 Å². The Bertz CT molecular complexity index is 702. The van der Waals surface area contributed by atoms with Crippen LogP contribution in [0.4, 0.5) is 10.5 Å². The molecule has 0 heterocycles. The molecule has 0 atom stereocenters. The Labute approximate surface area is 132 Å². The lowest BCUT2D eigenvalue weighted by Gasteiger charge is -2.10. The molecular formula is C15H12Cl2N2O2. The monoisotopic (exact) mass is 322 g/mol. The third-order valence-corrected chi connectivity index (χ3v) is 3.35. The molecule has 0 saturated heterocycles. The zero-order valence-corrected chi connectivity index (χ0v) is 12.6. The molecule has 0 aromatic heterocycles. The summed E-state index contributed by atoms with van der Waals surface area (Å²) in [6.45, 7) is 1.80. The molecule has 0 fully saturated rings. The maximum absolute atomic E-state index is 11.9. The van der Waals surface area contributed by atoms with E-state index in [1.54, 1.807) is 49.4 Å². The lowest BCUT2D eigenvalue weighted by Crippen LogP contribution is -2.34. The van der Waals surface area contributed by atoms with Gasteiger partial charge in [0.2, 0.25) is 0 Å².